The molecule has 0 aliphatic carbocycles. The van der Waals surface area contributed by atoms with Gasteiger partial charge in [0.25, 0.3) is 5.56 Å². The van der Waals surface area contributed by atoms with Crippen molar-refractivity contribution < 1.29 is 14.3 Å². The summed E-state index contributed by atoms with van der Waals surface area (Å²) in [4.78, 5) is 32.7. The van der Waals surface area contributed by atoms with E-state index in [0.29, 0.717) is 48.2 Å². The summed E-state index contributed by atoms with van der Waals surface area (Å²) in [6.45, 7) is 3.89. The number of amides is 1. The molecule has 1 aliphatic heterocycles. The summed E-state index contributed by atoms with van der Waals surface area (Å²) in [6.07, 6.45) is 1.79. The van der Waals surface area contributed by atoms with Crippen LogP contribution in [0.25, 0.3) is 16.7 Å². The summed E-state index contributed by atoms with van der Waals surface area (Å²) >= 11 is 1.49. The zero-order valence-corrected chi connectivity index (χ0v) is 19.3. The van der Waals surface area contributed by atoms with Crippen molar-refractivity contribution in [1.82, 2.24) is 24.2 Å². The summed E-state index contributed by atoms with van der Waals surface area (Å²) in [5, 5.41) is 5.48. The Morgan fingerprint density at radius 2 is 1.88 bits per heavy atom. The molecule has 4 rings (SSSR count). The zero-order chi connectivity index (χ0) is 22.7. The Kier molecular flexibility index (Phi) is 6.92. The van der Waals surface area contributed by atoms with Crippen molar-refractivity contribution in [2.45, 2.75) is 24.5 Å². The highest BCUT2D eigenvalue weighted by atomic mass is 32.2. The van der Waals surface area contributed by atoms with Crippen molar-refractivity contribution in [3.8, 4) is 5.69 Å². The fourth-order valence-corrected chi connectivity index (χ4v) is 4.88. The Morgan fingerprint density at radius 1 is 1.19 bits per heavy atom. The van der Waals surface area contributed by atoms with Gasteiger partial charge in [0.2, 0.25) is 5.91 Å². The van der Waals surface area contributed by atoms with Gasteiger partial charge in [-0.05, 0) is 19.1 Å². The van der Waals surface area contributed by atoms with Crippen LogP contribution in [0, 0.1) is 6.92 Å². The number of hydrogen-bond acceptors (Lipinski definition) is 7. The van der Waals surface area contributed by atoms with Crippen LogP contribution in [0.4, 0.5) is 0 Å². The molecule has 0 bridgehead atoms. The summed E-state index contributed by atoms with van der Waals surface area (Å²) in [6, 6.07) is 7.66. The Bertz CT molecular complexity index is 1150. The number of aromatic nitrogens is 4. The van der Waals surface area contributed by atoms with Crippen LogP contribution in [0.1, 0.15) is 18.0 Å². The number of ether oxygens (including phenoxy) is 2. The van der Waals surface area contributed by atoms with Crippen LogP contribution in [-0.4, -0.2) is 76.4 Å². The Balaban J connectivity index is 1.61. The minimum Gasteiger partial charge on any atom is -0.383 e. The molecule has 0 spiro atoms. The third kappa shape index (κ3) is 4.43. The van der Waals surface area contributed by atoms with Crippen LogP contribution in [-0.2, 0) is 14.3 Å². The van der Waals surface area contributed by atoms with Gasteiger partial charge in [0, 0.05) is 39.5 Å². The van der Waals surface area contributed by atoms with Gasteiger partial charge in [-0.3, -0.25) is 14.2 Å². The average Bonchev–Trinajstić information content (AvgIpc) is 3.39. The first kappa shape index (κ1) is 22.5. The molecule has 0 radical (unpaired) electrons. The Hall–Kier alpha value is -2.69. The molecular formula is C22H27N5O4S. The van der Waals surface area contributed by atoms with E-state index in [4.69, 9.17) is 14.5 Å². The summed E-state index contributed by atoms with van der Waals surface area (Å²) in [7, 11) is 3.21. The molecule has 3 heterocycles. The average molecular weight is 458 g/mol. The predicted molar refractivity (Wildman–Crippen MR) is 123 cm³/mol. The molecule has 1 unspecified atom stereocenters. The van der Waals surface area contributed by atoms with Gasteiger partial charge < -0.3 is 14.4 Å². The second kappa shape index (κ2) is 9.85. The number of aryl methyl sites for hydroxylation is 1. The summed E-state index contributed by atoms with van der Waals surface area (Å²) in [5.74, 6) is 0.598. The number of carbonyl (C=O) groups is 1. The molecule has 170 valence electrons. The number of carbonyl (C=O) groups excluding carboxylic acids is 1. The monoisotopic (exact) mass is 457 g/mol. The molecule has 32 heavy (non-hydrogen) atoms. The van der Waals surface area contributed by atoms with Crippen LogP contribution in [0.5, 0.6) is 0 Å². The highest BCUT2D eigenvalue weighted by Crippen LogP contribution is 2.33. The van der Waals surface area contributed by atoms with Gasteiger partial charge in [-0.2, -0.15) is 5.10 Å². The zero-order valence-electron chi connectivity index (χ0n) is 18.5. The van der Waals surface area contributed by atoms with Crippen molar-refractivity contribution in [2.24, 2.45) is 0 Å². The second-order valence-electron chi connectivity index (χ2n) is 7.73. The van der Waals surface area contributed by atoms with E-state index < -0.39 is 0 Å². The van der Waals surface area contributed by atoms with Crippen LogP contribution in [0.3, 0.4) is 0 Å². The molecule has 1 aromatic carbocycles. The molecule has 1 aliphatic rings. The van der Waals surface area contributed by atoms with Crippen LogP contribution >= 0.6 is 11.8 Å². The highest BCUT2D eigenvalue weighted by Gasteiger charge is 2.30. The van der Waals surface area contributed by atoms with Crippen molar-refractivity contribution in [3.63, 3.8) is 0 Å². The van der Waals surface area contributed by atoms with E-state index in [2.05, 4.69) is 5.10 Å². The molecule has 9 nitrogen and oxygen atoms in total. The SMILES string of the molecule is COCCN(CCOC)C(=O)CC1CSc2nc3c(cnn3-c3ccc(C)cc3)c(=O)n21. The van der Waals surface area contributed by atoms with E-state index in [9.17, 15) is 9.59 Å². The molecule has 10 heteroatoms. The van der Waals surface area contributed by atoms with Crippen LogP contribution < -0.4 is 5.56 Å². The fourth-order valence-electron chi connectivity index (χ4n) is 3.75. The van der Waals surface area contributed by atoms with Gasteiger partial charge in [0.05, 0.1) is 31.1 Å². The lowest BCUT2D eigenvalue weighted by Crippen LogP contribution is -2.38. The lowest BCUT2D eigenvalue weighted by Gasteiger charge is -2.24. The van der Waals surface area contributed by atoms with Gasteiger partial charge in [-0.1, -0.05) is 29.5 Å². The quantitative estimate of drug-likeness (QED) is 0.454. The molecule has 0 fully saturated rings. The summed E-state index contributed by atoms with van der Waals surface area (Å²) < 4.78 is 13.6. The first-order chi connectivity index (χ1) is 15.5. The maximum Gasteiger partial charge on any atom is 0.265 e. The second-order valence-corrected chi connectivity index (χ2v) is 8.72. The summed E-state index contributed by atoms with van der Waals surface area (Å²) in [5.41, 5.74) is 2.37. The number of hydrogen-bond donors (Lipinski definition) is 0. The fraction of sp³-hybridized carbons (Fsp3) is 0.455. The van der Waals surface area contributed by atoms with Gasteiger partial charge in [-0.15, -0.1) is 0 Å². The van der Waals surface area contributed by atoms with E-state index >= 15 is 0 Å². The normalized spacial score (nSPS) is 15.3. The predicted octanol–water partition coefficient (Wildman–Crippen LogP) is 2.05. The molecular weight excluding hydrogens is 430 g/mol. The van der Waals surface area contributed by atoms with E-state index in [1.54, 1.807) is 34.6 Å². The molecule has 3 aromatic rings. The lowest BCUT2D eigenvalue weighted by atomic mass is 10.2. The van der Waals surface area contributed by atoms with Gasteiger partial charge >= 0.3 is 0 Å². The first-order valence-electron chi connectivity index (χ1n) is 10.5. The minimum absolute atomic E-state index is 0.0279. The molecule has 0 saturated carbocycles. The number of benzene rings is 1. The number of thioether (sulfide) groups is 1. The number of methoxy groups -OCH3 is 2. The van der Waals surface area contributed by atoms with Gasteiger partial charge in [0.1, 0.15) is 5.39 Å². The third-order valence-electron chi connectivity index (χ3n) is 5.54. The van der Waals surface area contributed by atoms with E-state index in [-0.39, 0.29) is 23.9 Å². The molecule has 0 saturated heterocycles. The topological polar surface area (TPSA) is 91.5 Å². The maximum atomic E-state index is 13.3. The van der Waals surface area contributed by atoms with E-state index in [0.717, 1.165) is 11.3 Å². The molecule has 1 atom stereocenters. The van der Waals surface area contributed by atoms with E-state index in [1.165, 1.54) is 11.8 Å². The Morgan fingerprint density at radius 3 is 2.53 bits per heavy atom. The smallest absolute Gasteiger partial charge is 0.265 e. The molecule has 2 aromatic heterocycles. The highest BCUT2D eigenvalue weighted by molar-refractivity contribution is 7.99. The standard InChI is InChI=1S/C22H27N5O4S/c1-15-4-6-16(7-5-15)27-20-18(13-23-27)21(29)26-17(14-32-22(26)24-20)12-19(28)25(8-10-30-2)9-11-31-3/h4-7,13,17H,8-12,14H2,1-3H3. The minimum atomic E-state index is -0.248. The number of nitrogens with zero attached hydrogens (tertiary/aromatic N) is 5. The first-order valence-corrected chi connectivity index (χ1v) is 11.5. The van der Waals surface area contributed by atoms with Crippen LogP contribution in [0.2, 0.25) is 0 Å². The number of fused-ring (bicyclic) bond motifs is 2. The van der Waals surface area contributed by atoms with Gasteiger partial charge in [0.15, 0.2) is 10.8 Å². The van der Waals surface area contributed by atoms with E-state index in [1.807, 2.05) is 31.2 Å². The number of rotatable bonds is 9. The van der Waals surface area contributed by atoms with Gasteiger partial charge in [-0.25, -0.2) is 9.67 Å². The largest absolute Gasteiger partial charge is 0.383 e. The van der Waals surface area contributed by atoms with Crippen molar-refractivity contribution >= 4 is 28.7 Å². The molecule has 1 amide bonds. The third-order valence-corrected chi connectivity index (χ3v) is 6.64. The van der Waals surface area contributed by atoms with Crippen molar-refractivity contribution in [1.29, 1.82) is 0 Å². The Labute approximate surface area is 190 Å². The van der Waals surface area contributed by atoms with Crippen LogP contribution in [0.15, 0.2) is 40.4 Å². The van der Waals surface area contributed by atoms with Crippen molar-refractivity contribution in [3.05, 3.63) is 46.4 Å². The maximum absolute atomic E-state index is 13.3. The van der Waals surface area contributed by atoms with Crippen molar-refractivity contribution in [2.75, 3.05) is 46.3 Å². The lowest BCUT2D eigenvalue weighted by molar-refractivity contribution is -0.133. The molecule has 0 N–H and O–H groups in total.